The van der Waals surface area contributed by atoms with Crippen LogP contribution >= 0.6 is 0 Å². The quantitative estimate of drug-likeness (QED) is 0.0211. The van der Waals surface area contributed by atoms with E-state index in [1.54, 1.807) is 0 Å². The summed E-state index contributed by atoms with van der Waals surface area (Å²) in [6.45, 7) is 4.93. The summed E-state index contributed by atoms with van der Waals surface area (Å²) in [7, 11) is 5.99. The lowest BCUT2D eigenvalue weighted by atomic mass is 10.0. The van der Waals surface area contributed by atoms with E-state index in [0.29, 0.717) is 17.4 Å². The molecule has 0 fully saturated rings. The Kier molecular flexibility index (Phi) is 59.6. The molecule has 9 nitrogen and oxygen atoms in total. The molecule has 2 unspecified atom stereocenters. The lowest BCUT2D eigenvalue weighted by molar-refractivity contribution is -0.870. The fourth-order valence-electron chi connectivity index (χ4n) is 10.1. The van der Waals surface area contributed by atoms with Crippen molar-refractivity contribution in [2.45, 2.75) is 347 Å². The Bertz CT molecular complexity index is 1390. The van der Waals surface area contributed by atoms with Crippen LogP contribution in [0.1, 0.15) is 335 Å². The second-order valence-corrected chi connectivity index (χ2v) is 24.5. The molecule has 0 aliphatic carbocycles. The van der Waals surface area contributed by atoms with Gasteiger partial charge in [0.1, 0.15) is 13.2 Å². The summed E-state index contributed by atoms with van der Waals surface area (Å²) in [5, 5.41) is 9.74. The van der Waals surface area contributed by atoms with E-state index in [1.165, 1.54) is 257 Å². The van der Waals surface area contributed by atoms with Crippen LogP contribution in [0.3, 0.4) is 0 Å². The molecule has 0 saturated heterocycles. The molecular weight excluding hydrogens is 983 g/mol. The van der Waals surface area contributed by atoms with Crippen molar-refractivity contribution < 1.29 is 42.9 Å². The van der Waals surface area contributed by atoms with E-state index in [9.17, 15) is 19.5 Å². The van der Waals surface area contributed by atoms with Gasteiger partial charge in [-0.25, -0.2) is 4.79 Å². The minimum absolute atomic E-state index is 0.178. The molecule has 0 aliphatic rings. The zero-order valence-electron chi connectivity index (χ0n) is 53.1. The Balaban J connectivity index is 4.11. The van der Waals surface area contributed by atoms with Crippen molar-refractivity contribution in [2.24, 2.45) is 0 Å². The maximum absolute atomic E-state index is 12.9. The van der Waals surface area contributed by atoms with Crippen molar-refractivity contribution in [1.82, 2.24) is 0 Å². The molecule has 0 radical (unpaired) electrons. The third kappa shape index (κ3) is 63.0. The fourth-order valence-corrected chi connectivity index (χ4v) is 10.1. The first-order chi connectivity index (χ1) is 38.6. The number of rotatable bonds is 64. The number of carbonyl (C=O) groups excluding carboxylic acids is 2. The van der Waals surface area contributed by atoms with Crippen molar-refractivity contribution in [3.05, 3.63) is 36.5 Å². The molecule has 0 aromatic carbocycles. The van der Waals surface area contributed by atoms with E-state index in [1.807, 2.05) is 21.1 Å². The van der Waals surface area contributed by atoms with Crippen molar-refractivity contribution in [1.29, 1.82) is 0 Å². The zero-order valence-corrected chi connectivity index (χ0v) is 53.1. The number of esters is 2. The number of aliphatic carboxylic acids is 1. The highest BCUT2D eigenvalue weighted by atomic mass is 16.7. The number of nitrogens with zero attached hydrogens (tertiary/aromatic N) is 1. The molecule has 0 amide bonds. The molecule has 0 rings (SSSR count). The molecule has 9 heteroatoms. The van der Waals surface area contributed by atoms with Gasteiger partial charge in [0.05, 0.1) is 34.4 Å². The van der Waals surface area contributed by atoms with Crippen LogP contribution in [0.25, 0.3) is 0 Å². The molecule has 0 aromatic rings. The van der Waals surface area contributed by atoms with E-state index in [4.69, 9.17) is 18.9 Å². The van der Waals surface area contributed by atoms with Crippen LogP contribution in [0.15, 0.2) is 36.5 Å². The smallest absolute Gasteiger partial charge is 0.361 e. The first kappa shape index (κ1) is 76.5. The highest BCUT2D eigenvalue weighted by Crippen LogP contribution is 2.18. The molecule has 0 spiro atoms. The number of ether oxygens (including phenoxy) is 4. The number of allylic oxidation sites excluding steroid dienone is 6. The van der Waals surface area contributed by atoms with Gasteiger partial charge in [0.25, 0.3) is 6.29 Å². The molecule has 0 saturated carbocycles. The number of carboxylic acid groups (broad SMARTS) is 1. The third-order valence-electron chi connectivity index (χ3n) is 15.4. The highest BCUT2D eigenvalue weighted by molar-refractivity contribution is 5.71. The summed E-state index contributed by atoms with van der Waals surface area (Å²) < 4.78 is 23.0. The van der Waals surface area contributed by atoms with Crippen LogP contribution in [0, 0.1) is 0 Å². The highest BCUT2D eigenvalue weighted by Gasteiger charge is 2.25. The lowest BCUT2D eigenvalue weighted by Crippen LogP contribution is -2.40. The first-order valence-corrected chi connectivity index (χ1v) is 34.2. The van der Waals surface area contributed by atoms with Crippen LogP contribution in [0.2, 0.25) is 0 Å². The summed E-state index contributed by atoms with van der Waals surface area (Å²) in [5.41, 5.74) is 0. The normalized spacial score (nSPS) is 12.9. The zero-order chi connectivity index (χ0) is 57.6. The molecule has 0 aromatic heterocycles. The number of carbonyl (C=O) groups is 3. The van der Waals surface area contributed by atoms with Gasteiger partial charge in [0.2, 0.25) is 0 Å². The van der Waals surface area contributed by atoms with Crippen LogP contribution in [-0.4, -0.2) is 87.4 Å². The van der Waals surface area contributed by atoms with E-state index in [0.717, 1.165) is 51.4 Å². The maximum Gasteiger partial charge on any atom is 0.361 e. The maximum atomic E-state index is 12.9. The van der Waals surface area contributed by atoms with Gasteiger partial charge in [0, 0.05) is 12.8 Å². The van der Waals surface area contributed by atoms with Gasteiger partial charge in [0.15, 0.2) is 6.10 Å². The summed E-state index contributed by atoms with van der Waals surface area (Å²) in [6, 6.07) is 0. The molecular formula is C70H132NO8+. The number of carboxylic acids is 1. The van der Waals surface area contributed by atoms with Crippen LogP contribution in [-0.2, 0) is 33.3 Å². The SMILES string of the molecule is CCCCCCC/C=C\C/C=C\C/C=C\CCCCCCCCCCCCCCC(=O)OC(COC(=O)CCCCCCCCCCCCCCCCCCCCCCCCCCCCC)COC(OCC[N+](C)(C)C)C(=O)O. The number of unbranched alkanes of at least 4 members (excludes halogenated alkanes) is 43. The second kappa shape index (κ2) is 61.6. The Labute approximate surface area is 490 Å². The fraction of sp³-hybridized carbons (Fsp3) is 0.871. The summed E-state index contributed by atoms with van der Waals surface area (Å²) in [5.74, 6) is -1.98. The number of quaternary nitrogens is 1. The topological polar surface area (TPSA) is 108 Å². The van der Waals surface area contributed by atoms with Crippen molar-refractivity contribution >= 4 is 17.9 Å². The van der Waals surface area contributed by atoms with Gasteiger partial charge in [-0.1, -0.05) is 307 Å². The predicted molar refractivity (Wildman–Crippen MR) is 337 cm³/mol. The molecule has 1 N–H and O–H groups in total. The monoisotopic (exact) mass is 1110 g/mol. The number of likely N-dealkylation sites (N-methyl/N-ethyl adjacent to an activating group) is 1. The Morgan fingerprint density at radius 3 is 1.01 bits per heavy atom. The largest absolute Gasteiger partial charge is 0.477 e. The summed E-state index contributed by atoms with van der Waals surface area (Å²) in [6.07, 6.45) is 73.9. The number of hydrogen-bond acceptors (Lipinski definition) is 7. The molecule has 464 valence electrons. The van der Waals surface area contributed by atoms with Gasteiger partial charge >= 0.3 is 17.9 Å². The van der Waals surface area contributed by atoms with E-state index >= 15 is 0 Å². The van der Waals surface area contributed by atoms with Gasteiger partial charge in [-0.15, -0.1) is 0 Å². The Morgan fingerprint density at radius 1 is 0.380 bits per heavy atom. The predicted octanol–water partition coefficient (Wildman–Crippen LogP) is 20.8. The Hall–Kier alpha value is -2.49. The minimum atomic E-state index is -1.51. The second-order valence-electron chi connectivity index (χ2n) is 24.5. The van der Waals surface area contributed by atoms with Crippen molar-refractivity contribution in [3.8, 4) is 0 Å². The lowest BCUT2D eigenvalue weighted by Gasteiger charge is -2.25. The standard InChI is InChI=1S/C70H131NO8/c1-6-8-10-12-14-16-18-20-22-24-26-28-30-32-34-36-38-40-42-44-46-48-50-52-54-56-58-60-67(72)77-64-66(65-78-70(69(74)75)76-63-62-71(3,4)5)79-68(73)61-59-57-55-53-51-49-47-45-43-41-39-37-35-33-31-29-27-25-23-21-19-17-15-13-11-9-7-2/h19,21,25,27,31,33,66,70H,6-18,20,22-24,26,28-30,32,34-65H2,1-5H3/p+1/b21-19-,27-25-,33-31-. The summed E-state index contributed by atoms with van der Waals surface area (Å²) >= 11 is 0. The van der Waals surface area contributed by atoms with Crippen molar-refractivity contribution in [3.63, 3.8) is 0 Å². The van der Waals surface area contributed by atoms with Gasteiger partial charge in [-0.2, -0.15) is 0 Å². The molecule has 0 bridgehead atoms. The first-order valence-electron chi connectivity index (χ1n) is 34.2. The van der Waals surface area contributed by atoms with Crippen LogP contribution in [0.4, 0.5) is 0 Å². The molecule has 0 heterocycles. The van der Waals surface area contributed by atoms with E-state index in [-0.39, 0.29) is 32.2 Å². The van der Waals surface area contributed by atoms with E-state index < -0.39 is 24.3 Å². The number of hydrogen-bond donors (Lipinski definition) is 1. The van der Waals surface area contributed by atoms with Crippen LogP contribution < -0.4 is 0 Å². The molecule has 79 heavy (non-hydrogen) atoms. The third-order valence-corrected chi connectivity index (χ3v) is 15.4. The molecule has 2 atom stereocenters. The van der Waals surface area contributed by atoms with Gasteiger partial charge in [-0.3, -0.25) is 9.59 Å². The van der Waals surface area contributed by atoms with Gasteiger partial charge < -0.3 is 28.5 Å². The minimum Gasteiger partial charge on any atom is -0.477 e. The van der Waals surface area contributed by atoms with Crippen molar-refractivity contribution in [2.75, 3.05) is 47.5 Å². The average Bonchev–Trinajstić information content (AvgIpc) is 3.42. The summed E-state index contributed by atoms with van der Waals surface area (Å²) in [4.78, 5) is 37.6. The van der Waals surface area contributed by atoms with E-state index in [2.05, 4.69) is 50.3 Å². The van der Waals surface area contributed by atoms with Gasteiger partial charge in [-0.05, 0) is 51.4 Å². The molecule has 0 aliphatic heterocycles. The van der Waals surface area contributed by atoms with Crippen LogP contribution in [0.5, 0.6) is 0 Å². The average molecular weight is 1120 g/mol. The Morgan fingerprint density at radius 2 is 0.684 bits per heavy atom.